The van der Waals surface area contributed by atoms with Gasteiger partial charge in [0.05, 0.1) is 0 Å². The largest absolute Gasteiger partial charge is 0.329 e. The molecule has 1 fully saturated rings. The first kappa shape index (κ1) is 15.5. The number of nitrogens with zero attached hydrogens (tertiary/aromatic N) is 1. The number of benzene rings is 1. The quantitative estimate of drug-likeness (QED) is 0.892. The van der Waals surface area contributed by atoms with Crippen LogP contribution in [0.3, 0.4) is 0 Å². The van der Waals surface area contributed by atoms with Crippen LogP contribution in [0.2, 0.25) is 0 Å². The van der Waals surface area contributed by atoms with Gasteiger partial charge in [0, 0.05) is 25.2 Å². The van der Waals surface area contributed by atoms with Gasteiger partial charge >= 0.3 is 0 Å². The second-order valence-corrected chi connectivity index (χ2v) is 7.04. The summed E-state index contributed by atoms with van der Waals surface area (Å²) in [5, 5.41) is 0. The first-order chi connectivity index (χ1) is 9.53. The fourth-order valence-electron chi connectivity index (χ4n) is 3.55. The highest BCUT2D eigenvalue weighted by molar-refractivity contribution is 5.15. The Balaban J connectivity index is 2.00. The number of hydrogen-bond donors (Lipinski definition) is 1. The van der Waals surface area contributed by atoms with Gasteiger partial charge in [0.2, 0.25) is 0 Å². The fraction of sp³-hybridized carbons (Fsp3) is 0.667. The Labute approximate surface area is 124 Å². The summed E-state index contributed by atoms with van der Waals surface area (Å²) in [7, 11) is 0. The number of aryl methyl sites for hydroxylation is 1. The molecule has 0 aliphatic carbocycles. The van der Waals surface area contributed by atoms with Gasteiger partial charge in [-0.25, -0.2) is 0 Å². The standard InChI is InChI=1S/C18H30N2/c1-15-11-16(2)13-20(12-15)18(3,14-19)10-9-17-7-5-4-6-8-17/h4-8,15-16H,9-14,19H2,1-3H3. The van der Waals surface area contributed by atoms with Crippen LogP contribution < -0.4 is 5.73 Å². The maximum atomic E-state index is 6.15. The molecular weight excluding hydrogens is 244 g/mol. The summed E-state index contributed by atoms with van der Waals surface area (Å²) in [5.74, 6) is 1.59. The van der Waals surface area contributed by atoms with Crippen LogP contribution in [0.1, 0.15) is 39.2 Å². The van der Waals surface area contributed by atoms with Gasteiger partial charge in [-0.05, 0) is 43.6 Å². The van der Waals surface area contributed by atoms with E-state index in [4.69, 9.17) is 5.73 Å². The van der Waals surface area contributed by atoms with E-state index in [1.165, 1.54) is 25.1 Å². The summed E-state index contributed by atoms with van der Waals surface area (Å²) in [4.78, 5) is 2.65. The van der Waals surface area contributed by atoms with Crippen LogP contribution in [0.25, 0.3) is 0 Å². The molecule has 0 aromatic heterocycles. The molecule has 0 amide bonds. The number of hydrogen-bond acceptors (Lipinski definition) is 2. The molecule has 1 heterocycles. The summed E-state index contributed by atoms with van der Waals surface area (Å²) in [6, 6.07) is 10.8. The SMILES string of the molecule is CC1CC(C)CN(C(C)(CN)CCc2ccccc2)C1. The van der Waals surface area contributed by atoms with E-state index >= 15 is 0 Å². The van der Waals surface area contributed by atoms with Gasteiger partial charge in [-0.3, -0.25) is 4.90 Å². The van der Waals surface area contributed by atoms with Gasteiger partial charge in [0.15, 0.2) is 0 Å². The molecule has 112 valence electrons. The van der Waals surface area contributed by atoms with Crippen molar-refractivity contribution in [3.05, 3.63) is 35.9 Å². The molecule has 3 atom stereocenters. The zero-order valence-corrected chi connectivity index (χ0v) is 13.3. The summed E-state index contributed by atoms with van der Waals surface area (Å²) >= 11 is 0. The first-order valence-corrected chi connectivity index (χ1v) is 8.02. The Morgan fingerprint density at radius 1 is 1.15 bits per heavy atom. The maximum absolute atomic E-state index is 6.15. The third-order valence-electron chi connectivity index (χ3n) is 4.87. The highest BCUT2D eigenvalue weighted by Crippen LogP contribution is 2.29. The van der Waals surface area contributed by atoms with Gasteiger partial charge in [-0.1, -0.05) is 44.2 Å². The normalized spacial score (nSPS) is 27.2. The van der Waals surface area contributed by atoms with Crippen LogP contribution in [0.4, 0.5) is 0 Å². The minimum Gasteiger partial charge on any atom is -0.329 e. The number of nitrogens with two attached hydrogens (primary N) is 1. The Hall–Kier alpha value is -0.860. The van der Waals surface area contributed by atoms with E-state index in [0.29, 0.717) is 0 Å². The fourth-order valence-corrected chi connectivity index (χ4v) is 3.55. The van der Waals surface area contributed by atoms with Crippen molar-refractivity contribution in [3.8, 4) is 0 Å². The Morgan fingerprint density at radius 2 is 1.75 bits per heavy atom. The molecule has 0 saturated carbocycles. The summed E-state index contributed by atoms with van der Waals surface area (Å²) in [5.41, 5.74) is 7.71. The highest BCUT2D eigenvalue weighted by Gasteiger charge is 2.34. The van der Waals surface area contributed by atoms with Crippen molar-refractivity contribution in [3.63, 3.8) is 0 Å². The Bertz CT molecular complexity index is 393. The topological polar surface area (TPSA) is 29.3 Å². The van der Waals surface area contributed by atoms with Crippen LogP contribution in [-0.4, -0.2) is 30.1 Å². The molecule has 2 N–H and O–H groups in total. The van der Waals surface area contributed by atoms with Gasteiger partial charge in [-0.2, -0.15) is 0 Å². The molecular formula is C18H30N2. The molecule has 20 heavy (non-hydrogen) atoms. The molecule has 0 spiro atoms. The molecule has 2 heteroatoms. The lowest BCUT2D eigenvalue weighted by Gasteiger charge is -2.46. The monoisotopic (exact) mass is 274 g/mol. The predicted molar refractivity (Wildman–Crippen MR) is 86.7 cm³/mol. The average Bonchev–Trinajstić information content (AvgIpc) is 2.45. The van der Waals surface area contributed by atoms with Crippen molar-refractivity contribution in [2.75, 3.05) is 19.6 Å². The number of rotatable bonds is 5. The van der Waals surface area contributed by atoms with E-state index in [1.54, 1.807) is 0 Å². The van der Waals surface area contributed by atoms with Crippen molar-refractivity contribution in [2.45, 2.75) is 45.6 Å². The van der Waals surface area contributed by atoms with Crippen molar-refractivity contribution < 1.29 is 0 Å². The molecule has 1 aliphatic heterocycles. The molecule has 0 radical (unpaired) electrons. The number of likely N-dealkylation sites (tertiary alicyclic amines) is 1. The van der Waals surface area contributed by atoms with E-state index in [1.807, 2.05) is 0 Å². The van der Waals surface area contributed by atoms with Crippen LogP contribution in [0.15, 0.2) is 30.3 Å². The van der Waals surface area contributed by atoms with E-state index in [-0.39, 0.29) is 5.54 Å². The molecule has 1 aromatic carbocycles. The zero-order valence-electron chi connectivity index (χ0n) is 13.3. The number of piperidine rings is 1. The second-order valence-electron chi connectivity index (χ2n) is 7.04. The lowest BCUT2D eigenvalue weighted by atomic mass is 9.84. The van der Waals surface area contributed by atoms with Crippen molar-refractivity contribution in [1.82, 2.24) is 4.90 Å². The minimum atomic E-state index is 0.138. The van der Waals surface area contributed by atoms with Crippen molar-refractivity contribution in [2.24, 2.45) is 17.6 Å². The molecule has 1 saturated heterocycles. The molecule has 2 nitrogen and oxygen atoms in total. The maximum Gasteiger partial charge on any atom is 0.0306 e. The highest BCUT2D eigenvalue weighted by atomic mass is 15.2. The zero-order chi connectivity index (χ0) is 14.6. The van der Waals surface area contributed by atoms with Gasteiger partial charge in [0.1, 0.15) is 0 Å². The Kier molecular flexibility index (Phi) is 5.22. The third-order valence-corrected chi connectivity index (χ3v) is 4.87. The van der Waals surface area contributed by atoms with E-state index in [2.05, 4.69) is 56.0 Å². The predicted octanol–water partition coefficient (Wildman–Crippen LogP) is 3.31. The van der Waals surface area contributed by atoms with Gasteiger partial charge in [-0.15, -0.1) is 0 Å². The van der Waals surface area contributed by atoms with E-state index < -0.39 is 0 Å². The molecule has 3 unspecified atom stereocenters. The second kappa shape index (κ2) is 6.73. The average molecular weight is 274 g/mol. The first-order valence-electron chi connectivity index (χ1n) is 8.02. The lowest BCUT2D eigenvalue weighted by molar-refractivity contribution is 0.0346. The van der Waals surface area contributed by atoms with Crippen LogP contribution >= 0.6 is 0 Å². The van der Waals surface area contributed by atoms with Crippen LogP contribution in [0.5, 0.6) is 0 Å². The summed E-state index contributed by atoms with van der Waals surface area (Å²) in [6.45, 7) is 10.2. The summed E-state index contributed by atoms with van der Waals surface area (Å²) < 4.78 is 0. The third kappa shape index (κ3) is 3.83. The molecule has 0 bridgehead atoms. The summed E-state index contributed by atoms with van der Waals surface area (Å²) in [6.07, 6.45) is 3.62. The van der Waals surface area contributed by atoms with E-state index in [0.717, 1.165) is 31.2 Å². The Morgan fingerprint density at radius 3 is 2.30 bits per heavy atom. The molecule has 2 rings (SSSR count). The van der Waals surface area contributed by atoms with Gasteiger partial charge < -0.3 is 5.73 Å². The van der Waals surface area contributed by atoms with Crippen LogP contribution in [0, 0.1) is 11.8 Å². The van der Waals surface area contributed by atoms with E-state index in [9.17, 15) is 0 Å². The molecule has 1 aromatic rings. The molecule has 1 aliphatic rings. The van der Waals surface area contributed by atoms with Crippen molar-refractivity contribution in [1.29, 1.82) is 0 Å². The minimum absolute atomic E-state index is 0.138. The van der Waals surface area contributed by atoms with Gasteiger partial charge in [0.25, 0.3) is 0 Å². The van der Waals surface area contributed by atoms with Crippen LogP contribution in [-0.2, 0) is 6.42 Å². The van der Waals surface area contributed by atoms with Crippen molar-refractivity contribution >= 4 is 0 Å². The smallest absolute Gasteiger partial charge is 0.0306 e. The lowest BCUT2D eigenvalue weighted by Crippen LogP contribution is -2.56.